The number of nitro groups is 1. The van der Waals surface area contributed by atoms with E-state index in [1.54, 1.807) is 18.2 Å². The maximum atomic E-state index is 11.9. The van der Waals surface area contributed by atoms with Gasteiger partial charge in [-0.1, -0.05) is 0 Å². The first-order chi connectivity index (χ1) is 13.0. The molecule has 0 saturated carbocycles. The van der Waals surface area contributed by atoms with Crippen LogP contribution in [0.2, 0.25) is 0 Å². The van der Waals surface area contributed by atoms with Crippen LogP contribution in [0.15, 0.2) is 59.3 Å². The maximum absolute atomic E-state index is 11.9. The number of nitrogens with zero attached hydrogens (tertiary/aromatic N) is 1. The van der Waals surface area contributed by atoms with Crippen molar-refractivity contribution in [3.63, 3.8) is 0 Å². The molecule has 1 atom stereocenters. The summed E-state index contributed by atoms with van der Waals surface area (Å²) in [6.07, 6.45) is 2.34. The van der Waals surface area contributed by atoms with Crippen molar-refractivity contribution >= 4 is 40.3 Å². The van der Waals surface area contributed by atoms with Crippen molar-refractivity contribution in [3.8, 4) is 0 Å². The van der Waals surface area contributed by atoms with Gasteiger partial charge in [-0.3, -0.25) is 14.9 Å². The van der Waals surface area contributed by atoms with Gasteiger partial charge in [-0.25, -0.2) is 0 Å². The summed E-state index contributed by atoms with van der Waals surface area (Å²) in [5.41, 5.74) is 1.58. The zero-order chi connectivity index (χ0) is 19.2. The van der Waals surface area contributed by atoms with E-state index in [9.17, 15) is 20.0 Å². The van der Waals surface area contributed by atoms with Crippen molar-refractivity contribution in [2.75, 3.05) is 0 Å². The molecule has 6 nitrogen and oxygen atoms in total. The highest BCUT2D eigenvalue weighted by Crippen LogP contribution is 2.29. The standard InChI is InChI=1S/C19H16N2O4S2/c22-18(8-3-13-1-4-15(5-2-13)21(24)25)20-11-16-6-7-17(27-16)19(23)14-9-10-26-12-14/h1-10,12,19,23H,11H2,(H,20,22)/b8-3+. The Hall–Kier alpha value is -2.81. The fourth-order valence-corrected chi connectivity index (χ4v) is 3.99. The number of aliphatic hydroxyl groups excluding tert-OH is 1. The summed E-state index contributed by atoms with van der Waals surface area (Å²) in [4.78, 5) is 23.9. The van der Waals surface area contributed by atoms with Crippen molar-refractivity contribution in [2.45, 2.75) is 12.6 Å². The van der Waals surface area contributed by atoms with Crippen molar-refractivity contribution in [1.29, 1.82) is 0 Å². The van der Waals surface area contributed by atoms with Gasteiger partial charge < -0.3 is 10.4 Å². The minimum atomic E-state index is -0.646. The van der Waals surface area contributed by atoms with Gasteiger partial charge in [-0.15, -0.1) is 11.3 Å². The molecule has 0 radical (unpaired) electrons. The number of hydrogen-bond acceptors (Lipinski definition) is 6. The van der Waals surface area contributed by atoms with Gasteiger partial charge in [0.1, 0.15) is 6.10 Å². The Morgan fingerprint density at radius 2 is 2.00 bits per heavy atom. The SMILES string of the molecule is O=C(/C=C/c1ccc([N+](=O)[O-])cc1)NCc1ccc(C(O)c2ccsc2)s1. The largest absolute Gasteiger partial charge is 0.383 e. The van der Waals surface area contributed by atoms with Crippen molar-refractivity contribution in [1.82, 2.24) is 5.32 Å². The van der Waals surface area contributed by atoms with Gasteiger partial charge in [0, 0.05) is 28.0 Å². The molecule has 2 aromatic heterocycles. The quantitative estimate of drug-likeness (QED) is 0.354. The summed E-state index contributed by atoms with van der Waals surface area (Å²) in [5, 5.41) is 27.5. The van der Waals surface area contributed by atoms with Crippen molar-refractivity contribution < 1.29 is 14.8 Å². The van der Waals surface area contributed by atoms with Crippen LogP contribution in [0, 0.1) is 10.1 Å². The molecule has 3 rings (SSSR count). The lowest BCUT2D eigenvalue weighted by atomic mass is 10.2. The predicted molar refractivity (Wildman–Crippen MR) is 107 cm³/mol. The third-order valence-corrected chi connectivity index (χ3v) is 5.62. The lowest BCUT2D eigenvalue weighted by Gasteiger charge is -2.05. The van der Waals surface area contributed by atoms with Gasteiger partial charge in [0.2, 0.25) is 5.91 Å². The summed E-state index contributed by atoms with van der Waals surface area (Å²) in [5.74, 6) is -0.262. The summed E-state index contributed by atoms with van der Waals surface area (Å²) in [7, 11) is 0. The topological polar surface area (TPSA) is 92.5 Å². The molecule has 0 spiro atoms. The number of nitro benzene ring substituents is 1. The summed E-state index contributed by atoms with van der Waals surface area (Å²) >= 11 is 2.99. The van der Waals surface area contributed by atoms with Crippen LogP contribution in [-0.2, 0) is 11.3 Å². The van der Waals surface area contributed by atoms with Crippen LogP contribution in [-0.4, -0.2) is 15.9 Å². The maximum Gasteiger partial charge on any atom is 0.269 e. The number of aliphatic hydroxyl groups is 1. The number of nitrogens with one attached hydrogen (secondary N) is 1. The van der Waals surface area contributed by atoms with Gasteiger partial charge in [-0.05, 0) is 58.3 Å². The molecule has 1 aromatic carbocycles. The number of carbonyl (C=O) groups is 1. The average Bonchev–Trinajstić information content (AvgIpc) is 3.36. The number of amides is 1. The van der Waals surface area contributed by atoms with Gasteiger partial charge in [-0.2, -0.15) is 11.3 Å². The Morgan fingerprint density at radius 1 is 1.22 bits per heavy atom. The average molecular weight is 400 g/mol. The third-order valence-electron chi connectivity index (χ3n) is 3.78. The Bertz CT molecular complexity index is 947. The van der Waals surface area contributed by atoms with Crippen LogP contribution >= 0.6 is 22.7 Å². The predicted octanol–water partition coefficient (Wildman–Crippen LogP) is 4.13. The fraction of sp³-hybridized carbons (Fsp3) is 0.105. The summed E-state index contributed by atoms with van der Waals surface area (Å²) in [6.45, 7) is 0.366. The van der Waals surface area contributed by atoms with Crippen LogP contribution in [0.4, 0.5) is 5.69 Å². The Kier molecular flexibility index (Phi) is 6.12. The molecule has 1 amide bonds. The Balaban J connectivity index is 1.52. The van der Waals surface area contributed by atoms with Gasteiger partial charge in [0.05, 0.1) is 11.5 Å². The van der Waals surface area contributed by atoms with Crippen molar-refractivity contribution in [2.24, 2.45) is 0 Å². The monoisotopic (exact) mass is 400 g/mol. The molecule has 8 heteroatoms. The fourth-order valence-electron chi connectivity index (χ4n) is 2.34. The lowest BCUT2D eigenvalue weighted by Crippen LogP contribution is -2.19. The van der Waals surface area contributed by atoms with Gasteiger partial charge in [0.25, 0.3) is 5.69 Å². The number of hydrogen-bond donors (Lipinski definition) is 2. The summed E-state index contributed by atoms with van der Waals surface area (Å²) in [6, 6.07) is 11.6. The van der Waals surface area contributed by atoms with Gasteiger partial charge in [0.15, 0.2) is 0 Å². The first-order valence-corrected chi connectivity index (χ1v) is 9.78. The highest BCUT2D eigenvalue weighted by atomic mass is 32.1. The van der Waals surface area contributed by atoms with E-state index >= 15 is 0 Å². The van der Waals surface area contributed by atoms with E-state index in [1.807, 2.05) is 29.0 Å². The molecule has 0 fully saturated rings. The zero-order valence-corrected chi connectivity index (χ0v) is 15.7. The molecule has 3 aromatic rings. The second kappa shape index (κ2) is 8.72. The molecule has 0 aliphatic heterocycles. The molecule has 2 heterocycles. The van der Waals surface area contributed by atoms with Crippen LogP contribution in [0.1, 0.15) is 27.0 Å². The molecule has 2 N–H and O–H groups in total. The normalized spacial score (nSPS) is 12.2. The molecular formula is C19H16N2O4S2. The highest BCUT2D eigenvalue weighted by Gasteiger charge is 2.13. The molecule has 0 aliphatic rings. The van der Waals surface area contributed by atoms with E-state index < -0.39 is 11.0 Å². The third kappa shape index (κ3) is 5.10. The molecule has 1 unspecified atom stereocenters. The molecular weight excluding hydrogens is 384 g/mol. The van der Waals surface area contributed by atoms with E-state index in [4.69, 9.17) is 0 Å². The van der Waals surface area contributed by atoms with E-state index in [2.05, 4.69) is 5.32 Å². The lowest BCUT2D eigenvalue weighted by molar-refractivity contribution is -0.384. The minimum Gasteiger partial charge on any atom is -0.383 e. The smallest absolute Gasteiger partial charge is 0.269 e. The molecule has 138 valence electrons. The van der Waals surface area contributed by atoms with Crippen LogP contribution in [0.3, 0.4) is 0 Å². The molecule has 0 saturated heterocycles. The number of non-ortho nitro benzene ring substituents is 1. The van der Waals surface area contributed by atoms with E-state index in [-0.39, 0.29) is 11.6 Å². The first kappa shape index (κ1) is 19.0. The van der Waals surface area contributed by atoms with Crippen molar-refractivity contribution in [3.05, 3.63) is 90.3 Å². The number of rotatable bonds is 7. The second-order valence-corrected chi connectivity index (χ2v) is 7.64. The molecule has 27 heavy (non-hydrogen) atoms. The number of thiophene rings is 2. The van der Waals surface area contributed by atoms with Crippen LogP contribution < -0.4 is 5.32 Å². The number of carbonyl (C=O) groups excluding carboxylic acids is 1. The van der Waals surface area contributed by atoms with Crippen LogP contribution in [0.5, 0.6) is 0 Å². The van der Waals surface area contributed by atoms with E-state index in [0.717, 1.165) is 15.3 Å². The van der Waals surface area contributed by atoms with Crippen LogP contribution in [0.25, 0.3) is 6.08 Å². The molecule has 0 bridgehead atoms. The van der Waals surface area contributed by atoms with E-state index in [1.165, 1.54) is 40.9 Å². The molecule has 0 aliphatic carbocycles. The Labute approximate surface area is 163 Å². The minimum absolute atomic E-state index is 0.00902. The summed E-state index contributed by atoms with van der Waals surface area (Å²) < 4.78 is 0. The van der Waals surface area contributed by atoms with E-state index in [0.29, 0.717) is 12.1 Å². The Morgan fingerprint density at radius 3 is 2.67 bits per heavy atom. The second-order valence-electron chi connectivity index (χ2n) is 5.66. The number of benzene rings is 1. The van der Waals surface area contributed by atoms with Gasteiger partial charge >= 0.3 is 0 Å². The zero-order valence-electron chi connectivity index (χ0n) is 14.1. The first-order valence-electron chi connectivity index (χ1n) is 8.02. The highest BCUT2D eigenvalue weighted by molar-refractivity contribution is 7.12.